The first-order valence-corrected chi connectivity index (χ1v) is 8.34. The first-order valence-electron chi connectivity index (χ1n) is 8.34. The maximum Gasteiger partial charge on any atom is 0.313 e. The van der Waals surface area contributed by atoms with Crippen LogP contribution in [0.5, 0.6) is 0 Å². The molecule has 1 unspecified atom stereocenters. The van der Waals surface area contributed by atoms with E-state index in [1.165, 1.54) is 0 Å². The van der Waals surface area contributed by atoms with Gasteiger partial charge < -0.3 is 4.74 Å². The summed E-state index contributed by atoms with van der Waals surface area (Å²) in [5.74, 6) is -0.430. The molecule has 0 saturated carbocycles. The van der Waals surface area contributed by atoms with Crippen LogP contribution in [0.1, 0.15) is 49.4 Å². The van der Waals surface area contributed by atoms with Gasteiger partial charge >= 0.3 is 5.97 Å². The van der Waals surface area contributed by atoms with E-state index in [1.54, 1.807) is 0 Å². The molecule has 0 aliphatic carbocycles. The Labute approximate surface area is 143 Å². The summed E-state index contributed by atoms with van der Waals surface area (Å²) in [5.41, 5.74) is 3.74. The lowest BCUT2D eigenvalue weighted by Gasteiger charge is -2.19. The number of nitrogens with zero attached hydrogens (tertiary/aromatic N) is 2. The molecule has 24 heavy (non-hydrogen) atoms. The normalized spacial score (nSPS) is 12.2. The molecule has 0 spiro atoms. The van der Waals surface area contributed by atoms with Crippen molar-refractivity contribution in [3.05, 3.63) is 41.1 Å². The fourth-order valence-corrected chi connectivity index (χ4v) is 2.77. The van der Waals surface area contributed by atoms with Crippen LogP contribution in [0.2, 0.25) is 0 Å². The average molecular weight is 324 g/mol. The lowest BCUT2D eigenvalue weighted by Crippen LogP contribution is -2.19. The summed E-state index contributed by atoms with van der Waals surface area (Å²) in [6, 6.07) is 10.2. The van der Waals surface area contributed by atoms with E-state index in [0.717, 1.165) is 27.7 Å². The van der Waals surface area contributed by atoms with Gasteiger partial charge in [0.15, 0.2) is 0 Å². The summed E-state index contributed by atoms with van der Waals surface area (Å²) in [6.07, 6.45) is 0.764. The summed E-state index contributed by atoms with van der Waals surface area (Å²) in [6.45, 7) is 8.34. The van der Waals surface area contributed by atoms with Crippen molar-refractivity contribution in [3.8, 4) is 6.07 Å². The molecule has 4 heteroatoms. The van der Waals surface area contributed by atoms with E-state index < -0.39 is 5.92 Å². The third-order valence-electron chi connectivity index (χ3n) is 4.04. The van der Waals surface area contributed by atoms with Crippen molar-refractivity contribution in [2.24, 2.45) is 5.92 Å². The van der Waals surface area contributed by atoms with E-state index in [9.17, 15) is 4.79 Å². The van der Waals surface area contributed by atoms with Crippen LogP contribution < -0.4 is 0 Å². The van der Waals surface area contributed by atoms with Crippen molar-refractivity contribution >= 4 is 16.9 Å². The van der Waals surface area contributed by atoms with Gasteiger partial charge in [0.25, 0.3) is 0 Å². The minimum atomic E-state index is -0.444. The molecule has 0 saturated heterocycles. The minimum absolute atomic E-state index is 0.268. The Morgan fingerprint density at radius 1 is 1.33 bits per heavy atom. The molecule has 1 aromatic carbocycles. The van der Waals surface area contributed by atoms with Crippen LogP contribution in [0, 0.1) is 31.1 Å². The monoisotopic (exact) mass is 324 g/mol. The largest absolute Gasteiger partial charge is 0.465 e. The zero-order valence-corrected chi connectivity index (χ0v) is 14.8. The smallest absolute Gasteiger partial charge is 0.313 e. The zero-order valence-electron chi connectivity index (χ0n) is 14.8. The van der Waals surface area contributed by atoms with Gasteiger partial charge in [-0.05, 0) is 43.4 Å². The maximum absolute atomic E-state index is 12.5. The Hall–Kier alpha value is -2.41. The van der Waals surface area contributed by atoms with Crippen molar-refractivity contribution in [1.29, 1.82) is 5.26 Å². The first-order chi connectivity index (χ1) is 11.4. The summed E-state index contributed by atoms with van der Waals surface area (Å²) >= 11 is 0. The van der Waals surface area contributed by atoms with Gasteiger partial charge in [-0.2, -0.15) is 5.26 Å². The molecule has 4 nitrogen and oxygen atoms in total. The van der Waals surface area contributed by atoms with Gasteiger partial charge in [-0.3, -0.25) is 9.78 Å². The maximum atomic E-state index is 12.5. The van der Waals surface area contributed by atoms with Gasteiger partial charge in [-0.15, -0.1) is 0 Å². The fourth-order valence-electron chi connectivity index (χ4n) is 2.77. The number of hydrogen-bond donors (Lipinski definition) is 0. The number of carbonyl (C=O) groups excluding carboxylic acids is 1. The van der Waals surface area contributed by atoms with Crippen LogP contribution >= 0.6 is 0 Å². The second kappa shape index (κ2) is 7.92. The summed E-state index contributed by atoms with van der Waals surface area (Å²) in [4.78, 5) is 17.2. The third-order valence-corrected chi connectivity index (χ3v) is 4.04. The van der Waals surface area contributed by atoms with E-state index in [-0.39, 0.29) is 11.9 Å². The Kier molecular flexibility index (Phi) is 5.92. The fraction of sp³-hybridized carbons (Fsp3) is 0.450. The SMILES string of the molecule is Cc1nc2c(C)cccc2cc1C(CCC#N)C(=O)OCC(C)C. The lowest BCUT2D eigenvalue weighted by atomic mass is 9.92. The molecular formula is C20H24N2O2. The number of fused-ring (bicyclic) bond motifs is 1. The predicted molar refractivity (Wildman–Crippen MR) is 94.6 cm³/mol. The Morgan fingerprint density at radius 2 is 2.08 bits per heavy atom. The number of rotatable bonds is 6. The van der Waals surface area contributed by atoms with Gasteiger partial charge in [0.1, 0.15) is 0 Å². The molecule has 0 N–H and O–H groups in total. The van der Waals surface area contributed by atoms with Crippen molar-refractivity contribution < 1.29 is 9.53 Å². The van der Waals surface area contributed by atoms with Gasteiger partial charge in [0.05, 0.1) is 24.1 Å². The number of aryl methyl sites for hydroxylation is 2. The zero-order chi connectivity index (χ0) is 17.7. The molecule has 0 aliphatic rings. The highest BCUT2D eigenvalue weighted by Gasteiger charge is 2.25. The molecule has 0 radical (unpaired) electrons. The second-order valence-electron chi connectivity index (χ2n) is 6.58. The topological polar surface area (TPSA) is 63.0 Å². The molecule has 2 aromatic rings. The number of pyridine rings is 1. The molecule has 1 heterocycles. The highest BCUT2D eigenvalue weighted by molar-refractivity contribution is 5.85. The van der Waals surface area contributed by atoms with Crippen LogP contribution in [0.3, 0.4) is 0 Å². The Bertz CT molecular complexity index is 775. The van der Waals surface area contributed by atoms with Crippen molar-refractivity contribution in [2.45, 2.75) is 46.5 Å². The minimum Gasteiger partial charge on any atom is -0.465 e. The van der Waals surface area contributed by atoms with Gasteiger partial charge in [0, 0.05) is 17.5 Å². The van der Waals surface area contributed by atoms with Crippen LogP contribution in [-0.2, 0) is 9.53 Å². The average Bonchev–Trinajstić information content (AvgIpc) is 2.54. The van der Waals surface area contributed by atoms with Crippen molar-refractivity contribution in [1.82, 2.24) is 4.98 Å². The van der Waals surface area contributed by atoms with Gasteiger partial charge in [-0.1, -0.05) is 32.0 Å². The summed E-state index contributed by atoms with van der Waals surface area (Å²) < 4.78 is 5.43. The van der Waals surface area contributed by atoms with Gasteiger partial charge in [0.2, 0.25) is 0 Å². The number of esters is 1. The highest BCUT2D eigenvalue weighted by Crippen LogP contribution is 2.29. The van der Waals surface area contributed by atoms with E-state index in [4.69, 9.17) is 15.0 Å². The summed E-state index contributed by atoms with van der Waals surface area (Å²) in [5, 5.41) is 9.93. The number of benzene rings is 1. The number of ether oxygens (including phenoxy) is 1. The number of hydrogen-bond acceptors (Lipinski definition) is 4. The predicted octanol–water partition coefficient (Wildman–Crippen LogP) is 4.44. The van der Waals surface area contributed by atoms with Crippen LogP contribution in [-0.4, -0.2) is 17.6 Å². The van der Waals surface area contributed by atoms with E-state index in [1.807, 2.05) is 52.0 Å². The van der Waals surface area contributed by atoms with Gasteiger partial charge in [-0.25, -0.2) is 0 Å². The molecule has 126 valence electrons. The molecule has 1 aromatic heterocycles. The second-order valence-corrected chi connectivity index (χ2v) is 6.58. The first kappa shape index (κ1) is 17.9. The Balaban J connectivity index is 2.41. The number of para-hydroxylation sites is 1. The number of nitriles is 1. The lowest BCUT2D eigenvalue weighted by molar-refractivity contribution is -0.146. The standard InChI is InChI=1S/C20H24N2O2/c1-13(2)12-24-20(23)17(9-6-10-21)18-11-16-8-5-7-14(3)19(16)22-15(18)4/h5,7-8,11,13,17H,6,9,12H2,1-4H3. The molecule has 0 aliphatic heterocycles. The van der Waals surface area contributed by atoms with E-state index in [0.29, 0.717) is 19.4 Å². The molecule has 2 rings (SSSR count). The number of aromatic nitrogens is 1. The third kappa shape index (κ3) is 4.11. The molecule has 0 fully saturated rings. The quantitative estimate of drug-likeness (QED) is 0.737. The van der Waals surface area contributed by atoms with Crippen LogP contribution in [0.15, 0.2) is 24.3 Å². The Morgan fingerprint density at radius 3 is 2.75 bits per heavy atom. The highest BCUT2D eigenvalue weighted by atomic mass is 16.5. The van der Waals surface area contributed by atoms with Crippen LogP contribution in [0.4, 0.5) is 0 Å². The molecule has 1 atom stereocenters. The van der Waals surface area contributed by atoms with E-state index >= 15 is 0 Å². The van der Waals surface area contributed by atoms with E-state index in [2.05, 4.69) is 6.07 Å². The molecular weight excluding hydrogens is 300 g/mol. The van der Waals surface area contributed by atoms with Crippen LogP contribution in [0.25, 0.3) is 10.9 Å². The molecule has 0 bridgehead atoms. The summed E-state index contributed by atoms with van der Waals surface area (Å²) in [7, 11) is 0. The van der Waals surface area contributed by atoms with Crippen molar-refractivity contribution in [2.75, 3.05) is 6.61 Å². The number of carbonyl (C=O) groups is 1. The molecule has 0 amide bonds. The van der Waals surface area contributed by atoms with Crippen molar-refractivity contribution in [3.63, 3.8) is 0 Å².